The van der Waals surface area contributed by atoms with E-state index in [2.05, 4.69) is 15.9 Å². The average Bonchev–Trinajstić information content (AvgIpc) is 2.88. The molecule has 0 aromatic carbocycles. The van der Waals surface area contributed by atoms with Gasteiger partial charge in [0.2, 0.25) is 0 Å². The summed E-state index contributed by atoms with van der Waals surface area (Å²) < 4.78 is 0. The van der Waals surface area contributed by atoms with Gasteiger partial charge in [-0.1, -0.05) is 27.5 Å². The van der Waals surface area contributed by atoms with Crippen LogP contribution in [0.5, 0.6) is 0 Å². The number of thiophene rings is 1. The van der Waals surface area contributed by atoms with Crippen LogP contribution in [0.4, 0.5) is 0 Å². The molecular weight excluding hydrogens is 322 g/mol. The molecule has 1 unspecified atom stereocenters. The van der Waals surface area contributed by atoms with Crippen LogP contribution in [0.25, 0.3) is 0 Å². The predicted octanol–water partition coefficient (Wildman–Crippen LogP) is 3.96. The van der Waals surface area contributed by atoms with Crippen LogP contribution in [-0.4, -0.2) is 29.2 Å². The monoisotopic (exact) mass is 335 g/mol. The minimum atomic E-state index is 0.102. The van der Waals surface area contributed by atoms with E-state index >= 15 is 0 Å². The highest BCUT2D eigenvalue weighted by atomic mass is 79.9. The lowest BCUT2D eigenvalue weighted by molar-refractivity contribution is 0.0792. The van der Waals surface area contributed by atoms with Crippen LogP contribution in [0.2, 0.25) is 5.02 Å². The number of hydrogen-bond donors (Lipinski definition) is 0. The molecule has 2 heterocycles. The zero-order valence-corrected chi connectivity index (χ0v) is 12.9. The maximum atomic E-state index is 12.3. The van der Waals surface area contributed by atoms with E-state index in [1.54, 1.807) is 0 Å². The summed E-state index contributed by atoms with van der Waals surface area (Å²) in [6, 6.07) is 0. The zero-order valence-electron chi connectivity index (χ0n) is 9.71. The largest absolute Gasteiger partial charge is 0.338 e. The summed E-state index contributed by atoms with van der Waals surface area (Å²) in [5.74, 6) is 0.739. The van der Waals surface area contributed by atoms with E-state index in [1.165, 1.54) is 11.3 Å². The summed E-state index contributed by atoms with van der Waals surface area (Å²) in [6.07, 6.45) is 2.25. The number of likely N-dealkylation sites (tertiary alicyclic amines) is 1. The molecule has 0 radical (unpaired) electrons. The fourth-order valence-electron chi connectivity index (χ4n) is 2.12. The van der Waals surface area contributed by atoms with Crippen molar-refractivity contribution in [2.24, 2.45) is 5.92 Å². The summed E-state index contributed by atoms with van der Waals surface area (Å²) in [5, 5.41) is 3.59. The van der Waals surface area contributed by atoms with Gasteiger partial charge in [-0.25, -0.2) is 0 Å². The predicted molar refractivity (Wildman–Crippen MR) is 76.5 cm³/mol. The number of carbonyl (C=O) groups excluding carboxylic acids is 1. The molecule has 94 valence electrons. The number of halogens is 2. The molecule has 1 aliphatic heterocycles. The van der Waals surface area contributed by atoms with Gasteiger partial charge in [0.25, 0.3) is 5.91 Å². The van der Waals surface area contributed by atoms with Crippen molar-refractivity contribution in [2.75, 3.05) is 18.4 Å². The third kappa shape index (κ3) is 2.85. The van der Waals surface area contributed by atoms with E-state index in [0.29, 0.717) is 15.8 Å². The molecule has 1 saturated heterocycles. The Balaban J connectivity index is 2.04. The number of rotatable bonds is 3. The molecule has 1 aromatic rings. The number of hydrogen-bond acceptors (Lipinski definition) is 2. The normalized spacial score (nSPS) is 19.9. The van der Waals surface area contributed by atoms with Gasteiger partial charge in [-0.05, 0) is 36.6 Å². The topological polar surface area (TPSA) is 20.3 Å². The molecule has 1 atom stereocenters. The van der Waals surface area contributed by atoms with Crippen LogP contribution < -0.4 is 0 Å². The highest BCUT2D eigenvalue weighted by molar-refractivity contribution is 9.09. The molecule has 1 aromatic heterocycles. The van der Waals surface area contributed by atoms with Crippen molar-refractivity contribution in [3.8, 4) is 0 Å². The van der Waals surface area contributed by atoms with Crippen LogP contribution in [-0.2, 0) is 0 Å². The first-order chi connectivity index (χ1) is 8.13. The molecular formula is C12H15BrClNOS. The smallest absolute Gasteiger partial charge is 0.265 e. The maximum absolute atomic E-state index is 12.3. The Hall–Kier alpha value is -0.0600. The molecule has 0 spiro atoms. The first kappa shape index (κ1) is 13.4. The van der Waals surface area contributed by atoms with E-state index in [-0.39, 0.29) is 5.91 Å². The van der Waals surface area contributed by atoms with E-state index < -0.39 is 0 Å². The number of nitrogens with zero attached hydrogens (tertiary/aromatic N) is 1. The van der Waals surface area contributed by atoms with Crippen molar-refractivity contribution in [3.63, 3.8) is 0 Å². The van der Waals surface area contributed by atoms with Crippen LogP contribution in [0, 0.1) is 12.8 Å². The Bertz CT molecular complexity index is 421. The van der Waals surface area contributed by atoms with Gasteiger partial charge in [-0.15, -0.1) is 11.3 Å². The van der Waals surface area contributed by atoms with E-state index in [4.69, 9.17) is 11.6 Å². The number of aryl methyl sites for hydroxylation is 1. The van der Waals surface area contributed by atoms with E-state index in [9.17, 15) is 4.79 Å². The van der Waals surface area contributed by atoms with Gasteiger partial charge in [0.1, 0.15) is 4.88 Å². The average molecular weight is 337 g/mol. The number of carbonyl (C=O) groups is 1. The van der Waals surface area contributed by atoms with Crippen LogP contribution >= 0.6 is 38.9 Å². The summed E-state index contributed by atoms with van der Waals surface area (Å²) in [6.45, 7) is 3.68. The molecule has 1 fully saturated rings. The van der Waals surface area contributed by atoms with Crippen LogP contribution in [0.3, 0.4) is 0 Å². The lowest BCUT2D eigenvalue weighted by atomic mass is 10.1. The molecule has 0 aliphatic carbocycles. The Morgan fingerprint density at radius 2 is 2.47 bits per heavy atom. The van der Waals surface area contributed by atoms with Crippen LogP contribution in [0.15, 0.2) is 5.38 Å². The second-order valence-corrected chi connectivity index (χ2v) is 6.50. The Morgan fingerprint density at radius 3 is 3.06 bits per heavy atom. The minimum absolute atomic E-state index is 0.102. The SMILES string of the molecule is Cc1csc(C(=O)N2CCC(CCBr)C2)c1Cl. The highest BCUT2D eigenvalue weighted by Crippen LogP contribution is 2.30. The second kappa shape index (κ2) is 5.72. The fourth-order valence-corrected chi connectivity index (χ4v) is 4.01. The second-order valence-electron chi connectivity index (χ2n) is 4.45. The Morgan fingerprint density at radius 1 is 1.71 bits per heavy atom. The Labute approximate surface area is 119 Å². The van der Waals surface area contributed by atoms with Crippen molar-refractivity contribution in [1.29, 1.82) is 0 Å². The lowest BCUT2D eigenvalue weighted by Gasteiger charge is -2.15. The summed E-state index contributed by atoms with van der Waals surface area (Å²) in [7, 11) is 0. The van der Waals surface area contributed by atoms with Gasteiger partial charge in [0, 0.05) is 18.4 Å². The van der Waals surface area contributed by atoms with Crippen molar-refractivity contribution < 1.29 is 4.79 Å². The quantitative estimate of drug-likeness (QED) is 0.765. The van der Waals surface area contributed by atoms with Gasteiger partial charge < -0.3 is 4.90 Å². The van der Waals surface area contributed by atoms with Gasteiger partial charge in [0.05, 0.1) is 5.02 Å². The Kier molecular flexibility index (Phi) is 4.50. The molecule has 5 heteroatoms. The van der Waals surface area contributed by atoms with Gasteiger partial charge in [-0.2, -0.15) is 0 Å². The molecule has 0 saturated carbocycles. The molecule has 1 amide bonds. The fraction of sp³-hybridized carbons (Fsp3) is 0.583. The van der Waals surface area contributed by atoms with Gasteiger partial charge in [-0.3, -0.25) is 4.79 Å². The van der Waals surface area contributed by atoms with Gasteiger partial charge >= 0.3 is 0 Å². The number of amides is 1. The zero-order chi connectivity index (χ0) is 12.4. The van der Waals surface area contributed by atoms with E-state index in [0.717, 1.165) is 36.8 Å². The summed E-state index contributed by atoms with van der Waals surface area (Å²) in [4.78, 5) is 14.9. The van der Waals surface area contributed by atoms with Crippen molar-refractivity contribution in [3.05, 3.63) is 20.8 Å². The third-order valence-corrected chi connectivity index (χ3v) is 5.33. The summed E-state index contributed by atoms with van der Waals surface area (Å²) in [5.41, 5.74) is 0.997. The minimum Gasteiger partial charge on any atom is -0.338 e. The number of alkyl halides is 1. The third-order valence-electron chi connectivity index (χ3n) is 3.18. The standard InChI is InChI=1S/C12H15BrClNOS/c1-8-7-17-11(10(8)14)12(16)15-5-3-9(6-15)2-4-13/h7,9H,2-6H2,1H3. The van der Waals surface area contributed by atoms with Crippen molar-refractivity contribution in [1.82, 2.24) is 4.90 Å². The summed E-state index contributed by atoms with van der Waals surface area (Å²) >= 11 is 11.0. The molecule has 17 heavy (non-hydrogen) atoms. The maximum Gasteiger partial charge on any atom is 0.265 e. The van der Waals surface area contributed by atoms with Crippen molar-refractivity contribution in [2.45, 2.75) is 19.8 Å². The molecule has 0 N–H and O–H groups in total. The highest BCUT2D eigenvalue weighted by Gasteiger charge is 2.28. The van der Waals surface area contributed by atoms with Gasteiger partial charge in [0.15, 0.2) is 0 Å². The first-order valence-electron chi connectivity index (χ1n) is 5.72. The van der Waals surface area contributed by atoms with Crippen LogP contribution in [0.1, 0.15) is 28.1 Å². The molecule has 0 bridgehead atoms. The lowest BCUT2D eigenvalue weighted by Crippen LogP contribution is -2.28. The molecule has 2 nitrogen and oxygen atoms in total. The molecule has 1 aliphatic rings. The van der Waals surface area contributed by atoms with Crippen molar-refractivity contribution >= 4 is 44.8 Å². The molecule has 2 rings (SSSR count). The first-order valence-corrected chi connectivity index (χ1v) is 8.10. The van der Waals surface area contributed by atoms with E-state index in [1.807, 2.05) is 17.2 Å².